The molecule has 1 heterocycles. The summed E-state index contributed by atoms with van der Waals surface area (Å²) in [4.78, 5) is 12.6. The number of hydrogen-bond acceptors (Lipinski definition) is 7. The number of aromatic nitrogens is 2. The molecule has 0 unspecified atom stereocenters. The fourth-order valence-electron chi connectivity index (χ4n) is 1.94. The van der Waals surface area contributed by atoms with Gasteiger partial charge in [-0.3, -0.25) is 4.79 Å². The second kappa shape index (κ2) is 9.69. The fourth-order valence-corrected chi connectivity index (χ4v) is 3.92. The van der Waals surface area contributed by atoms with Crippen molar-refractivity contribution in [2.75, 3.05) is 30.9 Å². The fraction of sp³-hybridized carbons (Fsp3) is 0.438. The zero-order chi connectivity index (χ0) is 18.2. The smallest absolute Gasteiger partial charge is 0.238 e. The van der Waals surface area contributed by atoms with E-state index in [4.69, 9.17) is 4.74 Å². The average Bonchev–Trinajstić information content (AvgIpc) is 3.02. The van der Waals surface area contributed by atoms with Crippen molar-refractivity contribution < 1.29 is 13.9 Å². The Balaban J connectivity index is 1.97. The normalized spacial score (nSPS) is 12.2. The highest BCUT2D eigenvalue weighted by Crippen LogP contribution is 2.32. The first-order valence-corrected chi connectivity index (χ1v) is 9.48. The lowest BCUT2D eigenvalue weighted by Gasteiger charge is -2.18. The average molecular weight is 385 g/mol. The first kappa shape index (κ1) is 19.6. The van der Waals surface area contributed by atoms with Gasteiger partial charge in [0, 0.05) is 19.3 Å². The van der Waals surface area contributed by atoms with Gasteiger partial charge in [-0.2, -0.15) is 0 Å². The Labute approximate surface area is 154 Å². The highest BCUT2D eigenvalue weighted by molar-refractivity contribution is 8.02. The van der Waals surface area contributed by atoms with Gasteiger partial charge in [-0.15, -0.1) is 10.2 Å². The molecule has 2 N–H and O–H groups in total. The summed E-state index contributed by atoms with van der Waals surface area (Å²) in [6.45, 7) is 5.17. The molecule has 0 saturated heterocycles. The lowest BCUT2D eigenvalue weighted by atomic mass is 10.1. The molecule has 0 spiro atoms. The molecule has 0 aliphatic rings. The van der Waals surface area contributed by atoms with Crippen LogP contribution in [0.15, 0.2) is 28.6 Å². The van der Waals surface area contributed by atoms with Gasteiger partial charge in [0.1, 0.15) is 5.82 Å². The van der Waals surface area contributed by atoms with E-state index in [2.05, 4.69) is 20.8 Å². The molecule has 1 atom stereocenters. The molecule has 1 aromatic carbocycles. The lowest BCUT2D eigenvalue weighted by Crippen LogP contribution is -2.29. The molecular weight excluding hydrogens is 363 g/mol. The van der Waals surface area contributed by atoms with E-state index in [1.807, 2.05) is 13.8 Å². The number of benzene rings is 1. The maximum atomic E-state index is 13.0. The monoisotopic (exact) mass is 384 g/mol. The highest BCUT2D eigenvalue weighted by Gasteiger charge is 2.25. The van der Waals surface area contributed by atoms with E-state index in [0.717, 1.165) is 0 Å². The van der Waals surface area contributed by atoms with Crippen LogP contribution >= 0.6 is 23.1 Å². The molecule has 0 aliphatic heterocycles. The first-order valence-electron chi connectivity index (χ1n) is 7.79. The van der Waals surface area contributed by atoms with Crippen LogP contribution in [0, 0.1) is 11.7 Å². The van der Waals surface area contributed by atoms with Crippen molar-refractivity contribution in [3.05, 3.63) is 30.1 Å². The van der Waals surface area contributed by atoms with E-state index in [1.54, 1.807) is 7.11 Å². The molecule has 0 aliphatic carbocycles. The van der Waals surface area contributed by atoms with Crippen LogP contribution in [0.3, 0.4) is 0 Å². The Kier molecular flexibility index (Phi) is 7.60. The number of nitrogens with zero attached hydrogens (tertiary/aromatic N) is 2. The van der Waals surface area contributed by atoms with Crippen molar-refractivity contribution in [2.45, 2.75) is 23.4 Å². The minimum Gasteiger partial charge on any atom is -0.383 e. The van der Waals surface area contributed by atoms with Crippen LogP contribution in [-0.2, 0) is 9.53 Å². The summed E-state index contributed by atoms with van der Waals surface area (Å²) in [6, 6.07) is 5.71. The van der Waals surface area contributed by atoms with E-state index >= 15 is 0 Å². The van der Waals surface area contributed by atoms with Gasteiger partial charge in [0.25, 0.3) is 0 Å². The molecule has 0 radical (unpaired) electrons. The quantitative estimate of drug-likeness (QED) is 0.509. The van der Waals surface area contributed by atoms with Crippen LogP contribution in [0.2, 0.25) is 0 Å². The molecule has 0 saturated carbocycles. The predicted octanol–water partition coefficient (Wildman–Crippen LogP) is 3.49. The SMILES string of the molecule is COCCNc1nnc(S[C@H](C(=O)Nc2ccc(F)cc2)C(C)C)s1. The van der Waals surface area contributed by atoms with Crippen LogP contribution in [-0.4, -0.2) is 41.6 Å². The molecule has 0 bridgehead atoms. The lowest BCUT2D eigenvalue weighted by molar-refractivity contribution is -0.116. The summed E-state index contributed by atoms with van der Waals surface area (Å²) in [5, 5.41) is 14.5. The van der Waals surface area contributed by atoms with Crippen LogP contribution in [0.1, 0.15) is 13.8 Å². The minimum absolute atomic E-state index is 0.0965. The number of ether oxygens (including phenoxy) is 1. The number of rotatable bonds is 9. The molecule has 136 valence electrons. The first-order chi connectivity index (χ1) is 12.0. The number of anilines is 2. The van der Waals surface area contributed by atoms with Crippen LogP contribution < -0.4 is 10.6 Å². The molecule has 2 rings (SSSR count). The number of thioether (sulfide) groups is 1. The summed E-state index contributed by atoms with van der Waals surface area (Å²) in [7, 11) is 1.63. The van der Waals surface area contributed by atoms with E-state index in [0.29, 0.717) is 28.3 Å². The van der Waals surface area contributed by atoms with Crippen molar-refractivity contribution >= 4 is 39.8 Å². The molecule has 6 nitrogen and oxygen atoms in total. The highest BCUT2D eigenvalue weighted by atomic mass is 32.2. The Bertz CT molecular complexity index is 679. The van der Waals surface area contributed by atoms with Crippen molar-refractivity contribution in [1.29, 1.82) is 0 Å². The van der Waals surface area contributed by atoms with E-state index in [9.17, 15) is 9.18 Å². The third kappa shape index (κ3) is 6.26. The van der Waals surface area contributed by atoms with E-state index in [1.165, 1.54) is 47.4 Å². The third-order valence-electron chi connectivity index (χ3n) is 3.19. The second-order valence-electron chi connectivity index (χ2n) is 5.57. The molecule has 0 fully saturated rings. The predicted molar refractivity (Wildman–Crippen MR) is 99.8 cm³/mol. The summed E-state index contributed by atoms with van der Waals surface area (Å²) in [6.07, 6.45) is 0. The molecule has 25 heavy (non-hydrogen) atoms. The van der Waals surface area contributed by atoms with Gasteiger partial charge in [0.05, 0.1) is 11.9 Å². The third-order valence-corrected chi connectivity index (χ3v) is 5.70. The number of methoxy groups -OCH3 is 1. The van der Waals surface area contributed by atoms with E-state index in [-0.39, 0.29) is 22.9 Å². The summed E-state index contributed by atoms with van der Waals surface area (Å²) < 4.78 is 18.7. The number of hydrogen-bond donors (Lipinski definition) is 2. The maximum Gasteiger partial charge on any atom is 0.238 e. The zero-order valence-electron chi connectivity index (χ0n) is 14.3. The number of halogens is 1. The van der Waals surface area contributed by atoms with Gasteiger partial charge in [-0.1, -0.05) is 36.9 Å². The van der Waals surface area contributed by atoms with Gasteiger partial charge in [0.2, 0.25) is 11.0 Å². The Hall–Kier alpha value is -1.71. The van der Waals surface area contributed by atoms with Crippen molar-refractivity contribution in [3.8, 4) is 0 Å². The van der Waals surface area contributed by atoms with Gasteiger partial charge in [-0.05, 0) is 30.2 Å². The molecule has 2 aromatic rings. The van der Waals surface area contributed by atoms with Gasteiger partial charge < -0.3 is 15.4 Å². The second-order valence-corrected chi connectivity index (χ2v) is 7.94. The van der Waals surface area contributed by atoms with Crippen molar-refractivity contribution in [3.63, 3.8) is 0 Å². The van der Waals surface area contributed by atoms with Gasteiger partial charge in [-0.25, -0.2) is 4.39 Å². The molecule has 1 amide bonds. The number of carbonyl (C=O) groups is 1. The number of carbonyl (C=O) groups excluding carboxylic acids is 1. The largest absolute Gasteiger partial charge is 0.383 e. The van der Waals surface area contributed by atoms with Crippen molar-refractivity contribution in [2.24, 2.45) is 5.92 Å². The minimum atomic E-state index is -0.338. The summed E-state index contributed by atoms with van der Waals surface area (Å²) >= 11 is 2.77. The Morgan fingerprint density at radius 2 is 2.04 bits per heavy atom. The standard InChI is InChI=1S/C16H21FN4O2S2/c1-10(2)13(14(22)19-12-6-4-11(17)5-7-12)24-16-21-20-15(25-16)18-8-9-23-3/h4-7,10,13H,8-9H2,1-3H3,(H,18,20)(H,19,22)/t13-/m0/s1. The van der Waals surface area contributed by atoms with Crippen LogP contribution in [0.25, 0.3) is 0 Å². The molecule has 9 heteroatoms. The Morgan fingerprint density at radius 3 is 2.68 bits per heavy atom. The van der Waals surface area contributed by atoms with Gasteiger partial charge in [0.15, 0.2) is 4.34 Å². The maximum absolute atomic E-state index is 13.0. The Morgan fingerprint density at radius 1 is 1.32 bits per heavy atom. The van der Waals surface area contributed by atoms with Crippen molar-refractivity contribution in [1.82, 2.24) is 10.2 Å². The topological polar surface area (TPSA) is 76.1 Å². The van der Waals surface area contributed by atoms with E-state index < -0.39 is 0 Å². The number of amides is 1. The molecular formula is C16H21FN4O2S2. The molecule has 1 aromatic heterocycles. The zero-order valence-corrected chi connectivity index (χ0v) is 15.9. The number of nitrogens with one attached hydrogen (secondary N) is 2. The van der Waals surface area contributed by atoms with Gasteiger partial charge >= 0.3 is 0 Å². The van der Waals surface area contributed by atoms with Crippen LogP contribution in [0.5, 0.6) is 0 Å². The summed E-state index contributed by atoms with van der Waals surface area (Å²) in [5.74, 6) is -0.384. The summed E-state index contributed by atoms with van der Waals surface area (Å²) in [5.41, 5.74) is 0.567. The van der Waals surface area contributed by atoms with Crippen LogP contribution in [0.4, 0.5) is 15.2 Å².